The van der Waals surface area contributed by atoms with Gasteiger partial charge in [-0.1, -0.05) is 54.1 Å². The molecule has 0 saturated carbocycles. The fourth-order valence-corrected chi connectivity index (χ4v) is 2.05. The lowest BCUT2D eigenvalue weighted by atomic mass is 10.0. The van der Waals surface area contributed by atoms with E-state index in [-0.39, 0.29) is 0 Å². The van der Waals surface area contributed by atoms with Crippen LogP contribution in [0.5, 0.6) is 0 Å². The molecular formula is C15H15ClO. The topological polar surface area (TPSA) is 20.2 Å². The molecule has 2 rings (SSSR count). The summed E-state index contributed by atoms with van der Waals surface area (Å²) in [7, 11) is 0. The third kappa shape index (κ3) is 3.58. The molecule has 1 unspecified atom stereocenters. The number of benzene rings is 2. The van der Waals surface area contributed by atoms with Crippen molar-refractivity contribution in [3.8, 4) is 0 Å². The van der Waals surface area contributed by atoms with E-state index in [1.807, 2.05) is 54.6 Å². The van der Waals surface area contributed by atoms with Gasteiger partial charge < -0.3 is 5.11 Å². The highest BCUT2D eigenvalue weighted by atomic mass is 35.5. The Labute approximate surface area is 107 Å². The molecule has 0 fully saturated rings. The second-order valence-corrected chi connectivity index (χ2v) is 4.53. The Balaban J connectivity index is 1.95. The third-order valence-corrected chi connectivity index (χ3v) is 3.01. The molecule has 2 aromatic rings. The van der Waals surface area contributed by atoms with E-state index in [1.165, 1.54) is 0 Å². The zero-order chi connectivity index (χ0) is 12.1. The van der Waals surface area contributed by atoms with Crippen LogP contribution in [0, 0.1) is 0 Å². The van der Waals surface area contributed by atoms with Crippen LogP contribution in [-0.2, 0) is 6.42 Å². The minimum Gasteiger partial charge on any atom is -0.388 e. The molecule has 1 N–H and O–H groups in total. The minimum atomic E-state index is -0.407. The normalized spacial score (nSPS) is 12.4. The SMILES string of the molecule is OC(CCc1cccc(Cl)c1)c1ccccc1. The maximum absolute atomic E-state index is 10.0. The monoisotopic (exact) mass is 246 g/mol. The first-order valence-electron chi connectivity index (χ1n) is 5.73. The van der Waals surface area contributed by atoms with Gasteiger partial charge in [0.15, 0.2) is 0 Å². The lowest BCUT2D eigenvalue weighted by Crippen LogP contribution is -1.99. The van der Waals surface area contributed by atoms with Crippen molar-refractivity contribution in [1.29, 1.82) is 0 Å². The quantitative estimate of drug-likeness (QED) is 0.864. The number of hydrogen-bond donors (Lipinski definition) is 1. The highest BCUT2D eigenvalue weighted by Gasteiger charge is 2.06. The van der Waals surface area contributed by atoms with Crippen LogP contribution in [-0.4, -0.2) is 5.11 Å². The van der Waals surface area contributed by atoms with Crippen LogP contribution in [0.2, 0.25) is 5.02 Å². The molecule has 0 amide bonds. The Bertz CT molecular complexity index is 467. The van der Waals surface area contributed by atoms with Crippen LogP contribution < -0.4 is 0 Å². The zero-order valence-electron chi connectivity index (χ0n) is 9.51. The Hall–Kier alpha value is -1.31. The molecule has 2 heteroatoms. The number of aliphatic hydroxyl groups excluding tert-OH is 1. The van der Waals surface area contributed by atoms with E-state index >= 15 is 0 Å². The van der Waals surface area contributed by atoms with Gasteiger partial charge >= 0.3 is 0 Å². The van der Waals surface area contributed by atoms with Gasteiger partial charge in [-0.05, 0) is 36.1 Å². The van der Waals surface area contributed by atoms with Crippen molar-refractivity contribution >= 4 is 11.6 Å². The summed E-state index contributed by atoms with van der Waals surface area (Å²) in [6.07, 6.45) is 1.14. The van der Waals surface area contributed by atoms with Crippen molar-refractivity contribution in [2.24, 2.45) is 0 Å². The molecule has 0 heterocycles. The van der Waals surface area contributed by atoms with Gasteiger partial charge in [-0.2, -0.15) is 0 Å². The summed E-state index contributed by atoms with van der Waals surface area (Å²) in [6.45, 7) is 0. The third-order valence-electron chi connectivity index (χ3n) is 2.78. The highest BCUT2D eigenvalue weighted by Crippen LogP contribution is 2.19. The van der Waals surface area contributed by atoms with Crippen LogP contribution in [0.25, 0.3) is 0 Å². The standard InChI is InChI=1S/C15H15ClO/c16-14-8-4-5-12(11-14)9-10-15(17)13-6-2-1-3-7-13/h1-8,11,15,17H,9-10H2. The summed E-state index contributed by atoms with van der Waals surface area (Å²) in [6, 6.07) is 17.5. The summed E-state index contributed by atoms with van der Waals surface area (Å²) in [5, 5.41) is 10.8. The summed E-state index contributed by atoms with van der Waals surface area (Å²) in [4.78, 5) is 0. The fraction of sp³-hybridized carbons (Fsp3) is 0.200. The maximum Gasteiger partial charge on any atom is 0.0793 e. The number of halogens is 1. The van der Waals surface area contributed by atoms with E-state index in [0.717, 1.165) is 22.6 Å². The molecule has 2 aromatic carbocycles. The van der Waals surface area contributed by atoms with Crippen molar-refractivity contribution in [2.45, 2.75) is 18.9 Å². The van der Waals surface area contributed by atoms with Crippen LogP contribution in [0.15, 0.2) is 54.6 Å². The average Bonchev–Trinajstić information content (AvgIpc) is 2.37. The van der Waals surface area contributed by atoms with Crippen LogP contribution in [0.3, 0.4) is 0 Å². The highest BCUT2D eigenvalue weighted by molar-refractivity contribution is 6.30. The smallest absolute Gasteiger partial charge is 0.0793 e. The molecule has 17 heavy (non-hydrogen) atoms. The molecule has 1 atom stereocenters. The Morgan fingerprint density at radius 3 is 2.47 bits per heavy atom. The minimum absolute atomic E-state index is 0.407. The van der Waals surface area contributed by atoms with Crippen LogP contribution >= 0.6 is 11.6 Å². The predicted octanol–water partition coefficient (Wildman–Crippen LogP) is 4.01. The number of aliphatic hydroxyl groups is 1. The van der Waals surface area contributed by atoms with Crippen LogP contribution in [0.1, 0.15) is 23.7 Å². The van der Waals surface area contributed by atoms with E-state index < -0.39 is 6.10 Å². The van der Waals surface area contributed by atoms with E-state index in [0.29, 0.717) is 6.42 Å². The Kier molecular flexibility index (Phi) is 4.18. The molecular weight excluding hydrogens is 232 g/mol. The molecule has 0 aliphatic rings. The zero-order valence-corrected chi connectivity index (χ0v) is 10.3. The van der Waals surface area contributed by atoms with Crippen molar-refractivity contribution in [1.82, 2.24) is 0 Å². The summed E-state index contributed by atoms with van der Waals surface area (Å²) in [5.41, 5.74) is 2.13. The van der Waals surface area contributed by atoms with Crippen molar-refractivity contribution < 1.29 is 5.11 Å². The van der Waals surface area contributed by atoms with Crippen molar-refractivity contribution in [3.63, 3.8) is 0 Å². The first-order valence-corrected chi connectivity index (χ1v) is 6.11. The molecule has 0 aromatic heterocycles. The van der Waals surface area contributed by atoms with Gasteiger partial charge in [0.05, 0.1) is 6.10 Å². The van der Waals surface area contributed by atoms with Crippen molar-refractivity contribution in [3.05, 3.63) is 70.7 Å². The van der Waals surface area contributed by atoms with Gasteiger partial charge in [0.2, 0.25) is 0 Å². The molecule has 0 radical (unpaired) electrons. The van der Waals surface area contributed by atoms with Gasteiger partial charge in [-0.3, -0.25) is 0 Å². The average molecular weight is 247 g/mol. The summed E-state index contributed by atoms with van der Waals surface area (Å²) >= 11 is 5.91. The Morgan fingerprint density at radius 1 is 1.00 bits per heavy atom. The lowest BCUT2D eigenvalue weighted by molar-refractivity contribution is 0.168. The van der Waals surface area contributed by atoms with E-state index in [1.54, 1.807) is 0 Å². The summed E-state index contributed by atoms with van der Waals surface area (Å²) in [5.74, 6) is 0. The lowest BCUT2D eigenvalue weighted by Gasteiger charge is -2.10. The van der Waals surface area contributed by atoms with Crippen LogP contribution in [0.4, 0.5) is 0 Å². The molecule has 0 spiro atoms. The summed E-state index contributed by atoms with van der Waals surface area (Å²) < 4.78 is 0. The van der Waals surface area contributed by atoms with Gasteiger partial charge in [0.1, 0.15) is 0 Å². The van der Waals surface area contributed by atoms with Gasteiger partial charge in [0, 0.05) is 5.02 Å². The molecule has 1 nitrogen and oxygen atoms in total. The fourth-order valence-electron chi connectivity index (χ4n) is 1.84. The second kappa shape index (κ2) is 5.85. The van der Waals surface area contributed by atoms with Gasteiger partial charge in [-0.15, -0.1) is 0 Å². The van der Waals surface area contributed by atoms with Crippen molar-refractivity contribution in [2.75, 3.05) is 0 Å². The predicted molar refractivity (Wildman–Crippen MR) is 71.2 cm³/mol. The van der Waals surface area contributed by atoms with E-state index in [2.05, 4.69) is 0 Å². The molecule has 0 aliphatic carbocycles. The largest absolute Gasteiger partial charge is 0.388 e. The first kappa shape index (κ1) is 12.2. The number of aryl methyl sites for hydroxylation is 1. The van der Waals surface area contributed by atoms with Gasteiger partial charge in [-0.25, -0.2) is 0 Å². The molecule has 0 bridgehead atoms. The Morgan fingerprint density at radius 2 is 1.76 bits per heavy atom. The molecule has 0 aliphatic heterocycles. The number of rotatable bonds is 4. The number of hydrogen-bond acceptors (Lipinski definition) is 1. The molecule has 88 valence electrons. The van der Waals surface area contributed by atoms with E-state index in [9.17, 15) is 5.11 Å². The molecule has 0 saturated heterocycles. The first-order chi connectivity index (χ1) is 8.25. The van der Waals surface area contributed by atoms with Gasteiger partial charge in [0.25, 0.3) is 0 Å². The maximum atomic E-state index is 10.0. The van der Waals surface area contributed by atoms with E-state index in [4.69, 9.17) is 11.6 Å². The second-order valence-electron chi connectivity index (χ2n) is 4.10.